The second-order valence-corrected chi connectivity index (χ2v) is 4.96. The summed E-state index contributed by atoms with van der Waals surface area (Å²) in [6.45, 7) is 7.70. The molecule has 0 aliphatic rings. The molecule has 0 aliphatic heterocycles. The van der Waals surface area contributed by atoms with Gasteiger partial charge in [-0.1, -0.05) is 12.1 Å². The molecular formula is C16H22N4O2. The van der Waals surface area contributed by atoms with Gasteiger partial charge < -0.3 is 9.47 Å². The normalized spacial score (nSPS) is 10.7. The number of fused-ring (bicyclic) bond motifs is 1. The van der Waals surface area contributed by atoms with Gasteiger partial charge in [-0.2, -0.15) is 0 Å². The van der Waals surface area contributed by atoms with Crippen molar-refractivity contribution in [1.29, 1.82) is 0 Å². The van der Waals surface area contributed by atoms with E-state index in [0.717, 1.165) is 11.0 Å². The highest BCUT2D eigenvalue weighted by molar-refractivity contribution is 6.03. The lowest BCUT2D eigenvalue weighted by molar-refractivity contribution is -0.134. The molecule has 22 heavy (non-hydrogen) atoms. The highest BCUT2D eigenvalue weighted by Crippen LogP contribution is 2.19. The molecule has 1 aromatic carbocycles. The van der Waals surface area contributed by atoms with Crippen LogP contribution >= 0.6 is 0 Å². The van der Waals surface area contributed by atoms with Crippen molar-refractivity contribution in [2.45, 2.75) is 33.7 Å². The maximum absolute atomic E-state index is 12.1. The minimum atomic E-state index is -0.332. The molecule has 2 aromatic rings. The summed E-state index contributed by atoms with van der Waals surface area (Å²) in [5, 5.41) is 2.75. The Hall–Kier alpha value is -2.37. The van der Waals surface area contributed by atoms with E-state index < -0.39 is 0 Å². The van der Waals surface area contributed by atoms with E-state index in [0.29, 0.717) is 25.6 Å². The Morgan fingerprint density at radius 1 is 1.18 bits per heavy atom. The number of imidazole rings is 1. The number of hydrogen-bond donors (Lipinski definition) is 1. The van der Waals surface area contributed by atoms with Crippen molar-refractivity contribution < 1.29 is 9.59 Å². The number of nitrogens with one attached hydrogen (secondary N) is 1. The first-order valence-electron chi connectivity index (χ1n) is 7.63. The zero-order valence-electron chi connectivity index (χ0n) is 13.3. The number of hydrogen-bond acceptors (Lipinski definition) is 3. The van der Waals surface area contributed by atoms with Gasteiger partial charge in [-0.05, 0) is 32.9 Å². The Morgan fingerprint density at radius 3 is 2.50 bits per heavy atom. The average Bonchev–Trinajstić information content (AvgIpc) is 2.85. The number of anilines is 1. The molecule has 0 aliphatic carbocycles. The molecule has 0 saturated carbocycles. The number of amides is 2. The summed E-state index contributed by atoms with van der Waals surface area (Å²) < 4.78 is 1.93. The van der Waals surface area contributed by atoms with Crippen LogP contribution in [-0.4, -0.2) is 39.4 Å². The summed E-state index contributed by atoms with van der Waals surface area (Å²) in [6.07, 6.45) is -0.158. The summed E-state index contributed by atoms with van der Waals surface area (Å²) in [4.78, 5) is 30.1. The van der Waals surface area contributed by atoms with Gasteiger partial charge in [0.25, 0.3) is 0 Å². The second-order valence-electron chi connectivity index (χ2n) is 4.96. The largest absolute Gasteiger partial charge is 0.343 e. The average molecular weight is 302 g/mol. The van der Waals surface area contributed by atoms with Crippen LogP contribution in [0.1, 0.15) is 27.2 Å². The van der Waals surface area contributed by atoms with E-state index in [1.807, 2.05) is 49.6 Å². The minimum absolute atomic E-state index is 0.158. The first kappa shape index (κ1) is 16.0. The number of para-hydroxylation sites is 2. The van der Waals surface area contributed by atoms with Gasteiger partial charge in [0, 0.05) is 19.6 Å². The molecule has 6 heteroatoms. The third-order valence-corrected chi connectivity index (χ3v) is 3.65. The second kappa shape index (κ2) is 7.06. The molecule has 2 rings (SSSR count). The maximum atomic E-state index is 12.1. The van der Waals surface area contributed by atoms with Crippen molar-refractivity contribution in [3.05, 3.63) is 24.3 Å². The van der Waals surface area contributed by atoms with Crippen LogP contribution in [0.15, 0.2) is 24.3 Å². The SMILES string of the molecule is CCN(CC)C(=O)CC(=O)Nc1nc2ccccc2n1CC. The van der Waals surface area contributed by atoms with Crippen molar-refractivity contribution in [3.63, 3.8) is 0 Å². The van der Waals surface area contributed by atoms with Gasteiger partial charge in [-0.25, -0.2) is 4.98 Å². The van der Waals surface area contributed by atoms with Crippen molar-refractivity contribution in [2.24, 2.45) is 0 Å². The van der Waals surface area contributed by atoms with Crippen LogP contribution in [0.25, 0.3) is 11.0 Å². The molecule has 0 unspecified atom stereocenters. The van der Waals surface area contributed by atoms with E-state index in [-0.39, 0.29) is 18.2 Å². The maximum Gasteiger partial charge on any atom is 0.236 e. The number of nitrogens with zero attached hydrogens (tertiary/aromatic N) is 3. The topological polar surface area (TPSA) is 67.2 Å². The fourth-order valence-corrected chi connectivity index (χ4v) is 2.49. The van der Waals surface area contributed by atoms with Crippen LogP contribution in [0.3, 0.4) is 0 Å². The molecule has 0 spiro atoms. The smallest absolute Gasteiger partial charge is 0.236 e. The van der Waals surface area contributed by atoms with Gasteiger partial charge in [-0.15, -0.1) is 0 Å². The van der Waals surface area contributed by atoms with Gasteiger partial charge in [0.05, 0.1) is 11.0 Å². The van der Waals surface area contributed by atoms with Crippen LogP contribution in [0.5, 0.6) is 0 Å². The predicted molar refractivity (Wildman–Crippen MR) is 86.6 cm³/mol. The molecule has 0 fully saturated rings. The van der Waals surface area contributed by atoms with Crippen LogP contribution in [0.2, 0.25) is 0 Å². The quantitative estimate of drug-likeness (QED) is 0.832. The Morgan fingerprint density at radius 2 is 1.86 bits per heavy atom. The lowest BCUT2D eigenvalue weighted by atomic mass is 10.3. The molecule has 1 aromatic heterocycles. The number of carbonyl (C=O) groups is 2. The zero-order chi connectivity index (χ0) is 16.1. The third kappa shape index (κ3) is 3.27. The summed E-state index contributed by atoms with van der Waals surface area (Å²) in [5.41, 5.74) is 1.80. The Kier molecular flexibility index (Phi) is 5.14. The lowest BCUT2D eigenvalue weighted by Crippen LogP contribution is -2.33. The van der Waals surface area contributed by atoms with Crippen molar-refractivity contribution in [2.75, 3.05) is 18.4 Å². The fraction of sp³-hybridized carbons (Fsp3) is 0.438. The molecule has 0 atom stereocenters. The highest BCUT2D eigenvalue weighted by atomic mass is 16.2. The van der Waals surface area contributed by atoms with Crippen LogP contribution in [0, 0.1) is 0 Å². The number of carbonyl (C=O) groups excluding carboxylic acids is 2. The van der Waals surface area contributed by atoms with Crippen LogP contribution in [-0.2, 0) is 16.1 Å². The first-order valence-corrected chi connectivity index (χ1v) is 7.63. The summed E-state index contributed by atoms with van der Waals surface area (Å²) in [5.74, 6) is -0.00962. The molecule has 6 nitrogen and oxygen atoms in total. The Bertz CT molecular complexity index is 674. The number of rotatable bonds is 6. The Balaban J connectivity index is 2.13. The van der Waals surface area contributed by atoms with Gasteiger partial charge in [0.2, 0.25) is 17.8 Å². The third-order valence-electron chi connectivity index (χ3n) is 3.65. The van der Waals surface area contributed by atoms with E-state index in [9.17, 15) is 9.59 Å². The van der Waals surface area contributed by atoms with Gasteiger partial charge in [-0.3, -0.25) is 14.9 Å². The zero-order valence-corrected chi connectivity index (χ0v) is 13.3. The summed E-state index contributed by atoms with van der Waals surface area (Å²) in [7, 11) is 0. The molecular weight excluding hydrogens is 280 g/mol. The molecule has 1 heterocycles. The fourth-order valence-electron chi connectivity index (χ4n) is 2.49. The molecule has 0 radical (unpaired) electrons. The highest BCUT2D eigenvalue weighted by Gasteiger charge is 2.17. The van der Waals surface area contributed by atoms with Gasteiger partial charge in [0.1, 0.15) is 6.42 Å². The van der Waals surface area contributed by atoms with Crippen LogP contribution in [0.4, 0.5) is 5.95 Å². The molecule has 0 bridgehead atoms. The monoisotopic (exact) mass is 302 g/mol. The number of benzene rings is 1. The van der Waals surface area contributed by atoms with Gasteiger partial charge in [0.15, 0.2) is 0 Å². The van der Waals surface area contributed by atoms with E-state index in [1.54, 1.807) is 4.90 Å². The predicted octanol–water partition coefficient (Wildman–Crippen LogP) is 2.25. The van der Waals surface area contributed by atoms with E-state index in [2.05, 4.69) is 10.3 Å². The minimum Gasteiger partial charge on any atom is -0.343 e. The van der Waals surface area contributed by atoms with Crippen molar-refractivity contribution in [1.82, 2.24) is 14.5 Å². The lowest BCUT2D eigenvalue weighted by Gasteiger charge is -2.18. The summed E-state index contributed by atoms with van der Waals surface area (Å²) in [6, 6.07) is 7.71. The van der Waals surface area contributed by atoms with E-state index >= 15 is 0 Å². The van der Waals surface area contributed by atoms with Crippen LogP contribution < -0.4 is 5.32 Å². The Labute approximate surface area is 130 Å². The molecule has 2 amide bonds. The van der Waals surface area contributed by atoms with Crippen molar-refractivity contribution >= 4 is 28.8 Å². The number of aryl methyl sites for hydroxylation is 1. The van der Waals surface area contributed by atoms with E-state index in [4.69, 9.17) is 0 Å². The standard InChI is InChI=1S/C16H22N4O2/c1-4-19(5-2)15(22)11-14(21)18-16-17-12-9-7-8-10-13(12)20(16)6-3/h7-10H,4-6,11H2,1-3H3,(H,17,18,21). The molecule has 1 N–H and O–H groups in total. The molecule has 118 valence electrons. The first-order chi connectivity index (χ1) is 10.6. The van der Waals surface area contributed by atoms with Crippen molar-refractivity contribution in [3.8, 4) is 0 Å². The summed E-state index contributed by atoms with van der Waals surface area (Å²) >= 11 is 0. The van der Waals surface area contributed by atoms with Gasteiger partial charge >= 0.3 is 0 Å². The van der Waals surface area contributed by atoms with E-state index in [1.165, 1.54) is 0 Å². The molecule has 0 saturated heterocycles. The number of aromatic nitrogens is 2.